The van der Waals surface area contributed by atoms with E-state index in [2.05, 4.69) is 60.9 Å². The largest absolute Gasteiger partial charge is 0.494 e. The van der Waals surface area contributed by atoms with Crippen molar-refractivity contribution in [1.29, 1.82) is 0 Å². The van der Waals surface area contributed by atoms with Crippen molar-refractivity contribution in [3.05, 3.63) is 83.2 Å². The Kier molecular flexibility index (Phi) is 6.64. The molecule has 0 saturated heterocycles. The van der Waals surface area contributed by atoms with E-state index < -0.39 is 0 Å². The predicted octanol–water partition coefficient (Wildman–Crippen LogP) is 5.73. The average Bonchev–Trinajstić information content (AvgIpc) is 3.13. The molecule has 4 aromatic rings. The second-order valence-electron chi connectivity index (χ2n) is 8.06. The van der Waals surface area contributed by atoms with Crippen molar-refractivity contribution in [2.75, 3.05) is 20.8 Å². The zero-order valence-corrected chi connectivity index (χ0v) is 19.2. The van der Waals surface area contributed by atoms with Crippen LogP contribution < -0.4 is 14.2 Å². The van der Waals surface area contributed by atoms with Crippen LogP contribution in [0.5, 0.6) is 17.2 Å². The highest BCUT2D eigenvalue weighted by Gasteiger charge is 2.13. The second kappa shape index (κ2) is 9.77. The van der Waals surface area contributed by atoms with Crippen LogP contribution in [0.2, 0.25) is 0 Å². The van der Waals surface area contributed by atoms with Gasteiger partial charge in [0.2, 0.25) is 0 Å². The summed E-state index contributed by atoms with van der Waals surface area (Å²) in [6.07, 6.45) is 1.61. The van der Waals surface area contributed by atoms with Crippen molar-refractivity contribution in [3.63, 3.8) is 0 Å². The van der Waals surface area contributed by atoms with Crippen molar-refractivity contribution in [3.8, 4) is 17.2 Å². The summed E-state index contributed by atoms with van der Waals surface area (Å²) in [6, 6.07) is 20.6. The Bertz CT molecular complexity index is 1190. The number of imidazole rings is 1. The molecule has 3 aromatic carbocycles. The molecule has 0 aliphatic carbocycles. The fourth-order valence-electron chi connectivity index (χ4n) is 4.11. The Morgan fingerprint density at radius 2 is 1.59 bits per heavy atom. The molecule has 0 amide bonds. The van der Waals surface area contributed by atoms with Crippen LogP contribution in [0.15, 0.2) is 60.7 Å². The lowest BCUT2D eigenvalue weighted by Gasteiger charge is -2.12. The van der Waals surface area contributed by atoms with Crippen molar-refractivity contribution in [1.82, 2.24) is 9.55 Å². The number of methoxy groups -OCH3 is 2. The van der Waals surface area contributed by atoms with E-state index in [1.165, 1.54) is 11.1 Å². The van der Waals surface area contributed by atoms with E-state index in [0.717, 1.165) is 52.6 Å². The first-order valence-electron chi connectivity index (χ1n) is 10.9. The highest BCUT2D eigenvalue weighted by atomic mass is 16.5. The van der Waals surface area contributed by atoms with E-state index >= 15 is 0 Å². The number of aryl methyl sites for hydroxylation is 3. The van der Waals surface area contributed by atoms with E-state index in [4.69, 9.17) is 19.2 Å². The zero-order valence-electron chi connectivity index (χ0n) is 19.2. The van der Waals surface area contributed by atoms with E-state index in [1.54, 1.807) is 14.2 Å². The molecule has 0 fully saturated rings. The van der Waals surface area contributed by atoms with Gasteiger partial charge in [0.05, 0.1) is 31.9 Å². The molecule has 32 heavy (non-hydrogen) atoms. The molecule has 0 atom stereocenters. The third-order valence-electron chi connectivity index (χ3n) is 5.53. The van der Waals surface area contributed by atoms with Crippen LogP contribution in [-0.4, -0.2) is 30.4 Å². The molecule has 0 N–H and O–H groups in total. The summed E-state index contributed by atoms with van der Waals surface area (Å²) in [5.41, 5.74) is 5.73. The monoisotopic (exact) mass is 430 g/mol. The van der Waals surface area contributed by atoms with Gasteiger partial charge in [0.1, 0.15) is 11.6 Å². The number of hydrogen-bond acceptors (Lipinski definition) is 4. The van der Waals surface area contributed by atoms with E-state index in [0.29, 0.717) is 13.0 Å². The lowest BCUT2D eigenvalue weighted by atomic mass is 10.1. The highest BCUT2D eigenvalue weighted by Crippen LogP contribution is 2.29. The summed E-state index contributed by atoms with van der Waals surface area (Å²) < 4.78 is 19.2. The van der Waals surface area contributed by atoms with Crippen LogP contribution in [0.3, 0.4) is 0 Å². The van der Waals surface area contributed by atoms with Crippen LogP contribution in [0.25, 0.3) is 11.0 Å². The molecule has 1 aromatic heterocycles. The van der Waals surface area contributed by atoms with E-state index in [1.807, 2.05) is 18.2 Å². The van der Waals surface area contributed by atoms with Gasteiger partial charge in [-0.3, -0.25) is 0 Å². The van der Waals surface area contributed by atoms with Gasteiger partial charge in [-0.2, -0.15) is 0 Å². The van der Waals surface area contributed by atoms with E-state index in [9.17, 15) is 0 Å². The number of rotatable bonds is 9. The van der Waals surface area contributed by atoms with Gasteiger partial charge in [0.25, 0.3) is 0 Å². The maximum Gasteiger partial charge on any atom is 0.161 e. The minimum atomic E-state index is 0.658. The van der Waals surface area contributed by atoms with Crippen molar-refractivity contribution >= 4 is 11.0 Å². The third kappa shape index (κ3) is 4.88. The molecule has 0 aliphatic rings. The van der Waals surface area contributed by atoms with E-state index in [-0.39, 0.29) is 0 Å². The molecule has 0 bridgehead atoms. The summed E-state index contributed by atoms with van der Waals surface area (Å²) in [7, 11) is 3.31. The number of ether oxygens (including phenoxy) is 3. The van der Waals surface area contributed by atoms with Gasteiger partial charge in [-0.25, -0.2) is 4.98 Å². The maximum atomic E-state index is 6.03. The second-order valence-corrected chi connectivity index (χ2v) is 8.06. The molecular weight excluding hydrogens is 400 g/mol. The Hall–Kier alpha value is -3.47. The molecule has 0 radical (unpaired) electrons. The molecule has 166 valence electrons. The first-order chi connectivity index (χ1) is 15.6. The van der Waals surface area contributed by atoms with Crippen LogP contribution in [0, 0.1) is 13.8 Å². The smallest absolute Gasteiger partial charge is 0.161 e. The van der Waals surface area contributed by atoms with Crippen LogP contribution in [-0.2, 0) is 13.0 Å². The quantitative estimate of drug-likeness (QED) is 0.318. The zero-order chi connectivity index (χ0) is 22.5. The lowest BCUT2D eigenvalue weighted by molar-refractivity contribution is 0.301. The number of hydrogen-bond donors (Lipinski definition) is 0. The van der Waals surface area contributed by atoms with Gasteiger partial charge in [-0.1, -0.05) is 24.3 Å². The molecule has 0 unspecified atom stereocenters. The molecular formula is C27H30N2O3. The minimum absolute atomic E-state index is 0.658. The fraction of sp³-hybridized carbons (Fsp3) is 0.296. The number of aromatic nitrogens is 2. The number of fused-ring (bicyclic) bond motifs is 1. The highest BCUT2D eigenvalue weighted by molar-refractivity contribution is 5.76. The van der Waals surface area contributed by atoms with Gasteiger partial charge < -0.3 is 18.8 Å². The van der Waals surface area contributed by atoms with Crippen LogP contribution in [0.1, 0.15) is 28.9 Å². The van der Waals surface area contributed by atoms with Gasteiger partial charge in [-0.05, 0) is 73.4 Å². The number of benzene rings is 3. The molecule has 0 aliphatic heterocycles. The van der Waals surface area contributed by atoms with Crippen molar-refractivity contribution < 1.29 is 14.2 Å². The van der Waals surface area contributed by atoms with Crippen molar-refractivity contribution in [2.45, 2.75) is 33.2 Å². The standard InChI is InChI=1S/C27H30N2O3/c1-19-14-20(2)16-22(15-19)32-13-7-12-29-24-9-6-5-8-23(24)28-27(29)18-21-10-11-25(30-3)26(17-21)31-4/h5-6,8-11,14-17H,7,12-13,18H2,1-4H3. The third-order valence-corrected chi connectivity index (χ3v) is 5.53. The van der Waals surface area contributed by atoms with Gasteiger partial charge in [-0.15, -0.1) is 0 Å². The van der Waals surface area contributed by atoms with Crippen LogP contribution >= 0.6 is 0 Å². The molecule has 1 heterocycles. The van der Waals surface area contributed by atoms with Gasteiger partial charge in [0.15, 0.2) is 11.5 Å². The molecule has 5 nitrogen and oxygen atoms in total. The normalized spacial score (nSPS) is 11.0. The molecule has 0 spiro atoms. The molecule has 0 saturated carbocycles. The average molecular weight is 431 g/mol. The predicted molar refractivity (Wildman–Crippen MR) is 128 cm³/mol. The fourth-order valence-corrected chi connectivity index (χ4v) is 4.11. The van der Waals surface area contributed by atoms with Gasteiger partial charge in [0, 0.05) is 13.0 Å². The minimum Gasteiger partial charge on any atom is -0.494 e. The first kappa shape index (κ1) is 21.8. The lowest BCUT2D eigenvalue weighted by Crippen LogP contribution is -2.08. The Balaban J connectivity index is 1.51. The van der Waals surface area contributed by atoms with Gasteiger partial charge >= 0.3 is 0 Å². The number of nitrogens with zero attached hydrogens (tertiary/aromatic N) is 2. The summed E-state index contributed by atoms with van der Waals surface area (Å²) in [4.78, 5) is 4.92. The summed E-state index contributed by atoms with van der Waals surface area (Å²) in [5, 5.41) is 0. The first-order valence-corrected chi connectivity index (χ1v) is 10.9. The van der Waals surface area contributed by atoms with Crippen LogP contribution in [0.4, 0.5) is 0 Å². The Morgan fingerprint density at radius 1 is 0.844 bits per heavy atom. The SMILES string of the molecule is COc1ccc(Cc2nc3ccccc3n2CCCOc2cc(C)cc(C)c2)cc1OC. The molecule has 4 rings (SSSR count). The topological polar surface area (TPSA) is 45.5 Å². The Labute approximate surface area is 189 Å². The Morgan fingerprint density at radius 3 is 2.34 bits per heavy atom. The molecule has 5 heteroatoms. The van der Waals surface area contributed by atoms with Crippen molar-refractivity contribution in [2.24, 2.45) is 0 Å². The number of para-hydroxylation sites is 2. The summed E-state index contributed by atoms with van der Waals surface area (Å²) in [5.74, 6) is 3.43. The summed E-state index contributed by atoms with van der Waals surface area (Å²) in [6.45, 7) is 5.69. The maximum absolute atomic E-state index is 6.03. The summed E-state index contributed by atoms with van der Waals surface area (Å²) >= 11 is 0.